The number of hydrogen-bond acceptors (Lipinski definition) is 7. The lowest BCUT2D eigenvalue weighted by atomic mass is 9.64. The van der Waals surface area contributed by atoms with E-state index in [9.17, 15) is 19.8 Å². The van der Waals surface area contributed by atoms with Gasteiger partial charge in [0.25, 0.3) is 0 Å². The normalized spacial score (nSPS) is 24.3. The molecule has 3 aliphatic carbocycles. The van der Waals surface area contributed by atoms with Crippen molar-refractivity contribution < 1.29 is 34.0 Å². The van der Waals surface area contributed by atoms with Gasteiger partial charge in [0.2, 0.25) is 0 Å². The largest absolute Gasteiger partial charge is 0.493 e. The van der Waals surface area contributed by atoms with Gasteiger partial charge in [-0.2, -0.15) is 0 Å². The molecule has 0 spiro atoms. The number of unbranched alkanes of at least 4 members (excludes halogenated alkanes) is 2. The van der Waals surface area contributed by atoms with Gasteiger partial charge < -0.3 is 24.4 Å². The second-order valence-electron chi connectivity index (χ2n) is 20.0. The fourth-order valence-corrected chi connectivity index (χ4v) is 10.4. The molecule has 3 saturated carbocycles. The molecule has 3 aliphatic rings. The van der Waals surface area contributed by atoms with E-state index in [1.165, 1.54) is 108 Å². The van der Waals surface area contributed by atoms with E-state index in [1.54, 1.807) is 6.92 Å². The molecule has 330 valence electrons. The maximum Gasteiger partial charge on any atom is 0.333 e. The third kappa shape index (κ3) is 14.7. The van der Waals surface area contributed by atoms with E-state index in [4.69, 9.17) is 14.2 Å². The van der Waals surface area contributed by atoms with Gasteiger partial charge in [0.1, 0.15) is 5.75 Å². The molecule has 0 radical (unpaired) electrons. The van der Waals surface area contributed by atoms with E-state index in [2.05, 4.69) is 25.6 Å². The van der Waals surface area contributed by atoms with Gasteiger partial charge in [-0.15, -0.1) is 0 Å². The summed E-state index contributed by atoms with van der Waals surface area (Å²) in [6.45, 7) is 16.1. The monoisotopic (exact) mass is 809 g/mol. The van der Waals surface area contributed by atoms with Gasteiger partial charge in [-0.25, -0.2) is 4.79 Å². The molecule has 7 heteroatoms. The number of aliphatic hydroxyl groups is 2. The number of ether oxygens (including phenoxy) is 3. The van der Waals surface area contributed by atoms with E-state index in [-0.39, 0.29) is 25.2 Å². The third-order valence-corrected chi connectivity index (χ3v) is 14.7. The SMILES string of the molecule is C=C(C)C(=O)OCCCc1cc(C2CCC(C3CCC(C4CCC(CCCCC)CC4)CC3)CC2)cc(CCCOC(=O)C(C)(C)C)c1OCCC(CC)(CO)CO. The molecule has 7 nitrogen and oxygen atoms in total. The van der Waals surface area contributed by atoms with Crippen molar-refractivity contribution in [2.24, 2.45) is 40.4 Å². The van der Waals surface area contributed by atoms with Crippen LogP contribution in [0, 0.1) is 40.4 Å². The van der Waals surface area contributed by atoms with Gasteiger partial charge in [-0.05, 0) is 183 Å². The number of aliphatic hydroxyl groups excluding tert-OH is 2. The topological polar surface area (TPSA) is 102 Å². The highest BCUT2D eigenvalue weighted by molar-refractivity contribution is 5.86. The van der Waals surface area contributed by atoms with E-state index >= 15 is 0 Å². The molecule has 1 aromatic carbocycles. The van der Waals surface area contributed by atoms with Crippen LogP contribution in [-0.4, -0.2) is 55.2 Å². The van der Waals surface area contributed by atoms with Crippen molar-refractivity contribution in [2.45, 2.75) is 189 Å². The van der Waals surface area contributed by atoms with Gasteiger partial charge in [-0.3, -0.25) is 4.79 Å². The fraction of sp³-hybridized carbons (Fsp3) is 0.804. The van der Waals surface area contributed by atoms with Gasteiger partial charge in [0, 0.05) is 11.0 Å². The van der Waals surface area contributed by atoms with E-state index in [0.717, 1.165) is 46.5 Å². The summed E-state index contributed by atoms with van der Waals surface area (Å²) in [4.78, 5) is 24.7. The number of carbonyl (C=O) groups excluding carboxylic acids is 2. The zero-order chi connectivity index (χ0) is 42.1. The lowest BCUT2D eigenvalue weighted by Gasteiger charge is -2.41. The van der Waals surface area contributed by atoms with Gasteiger partial charge in [0.05, 0.1) is 38.4 Å². The van der Waals surface area contributed by atoms with Crippen LogP contribution in [0.2, 0.25) is 0 Å². The molecule has 0 unspecified atom stereocenters. The zero-order valence-electron chi connectivity index (χ0n) is 37.9. The Bertz CT molecular complexity index is 1370. The average molecular weight is 809 g/mol. The minimum Gasteiger partial charge on any atom is -0.493 e. The number of benzene rings is 1. The molecule has 0 aliphatic heterocycles. The van der Waals surface area contributed by atoms with Crippen molar-refractivity contribution in [3.05, 3.63) is 41.0 Å². The summed E-state index contributed by atoms with van der Waals surface area (Å²) in [7, 11) is 0. The third-order valence-electron chi connectivity index (χ3n) is 14.7. The lowest BCUT2D eigenvalue weighted by molar-refractivity contribution is -0.153. The lowest BCUT2D eigenvalue weighted by Crippen LogP contribution is -2.31. The average Bonchev–Trinajstić information content (AvgIpc) is 3.23. The molecule has 0 aromatic heterocycles. The molecule has 58 heavy (non-hydrogen) atoms. The van der Waals surface area contributed by atoms with Gasteiger partial charge >= 0.3 is 11.9 Å². The van der Waals surface area contributed by atoms with Crippen LogP contribution < -0.4 is 4.74 Å². The smallest absolute Gasteiger partial charge is 0.333 e. The predicted octanol–water partition coefficient (Wildman–Crippen LogP) is 11.9. The summed E-state index contributed by atoms with van der Waals surface area (Å²) in [5.74, 6) is 5.43. The van der Waals surface area contributed by atoms with Crippen LogP contribution in [0.4, 0.5) is 0 Å². The predicted molar refractivity (Wildman–Crippen MR) is 236 cm³/mol. The van der Waals surface area contributed by atoms with Crippen LogP contribution in [0.1, 0.15) is 193 Å². The van der Waals surface area contributed by atoms with Crippen molar-refractivity contribution >= 4 is 11.9 Å². The number of hydrogen-bond donors (Lipinski definition) is 2. The zero-order valence-corrected chi connectivity index (χ0v) is 37.9. The molecule has 2 N–H and O–H groups in total. The summed E-state index contributed by atoms with van der Waals surface area (Å²) in [6.07, 6.45) is 26.3. The van der Waals surface area contributed by atoms with E-state index in [0.29, 0.717) is 69.8 Å². The van der Waals surface area contributed by atoms with Crippen LogP contribution in [0.25, 0.3) is 0 Å². The number of rotatable bonds is 23. The van der Waals surface area contributed by atoms with Crippen molar-refractivity contribution in [1.29, 1.82) is 0 Å². The van der Waals surface area contributed by atoms with Crippen LogP contribution in [0.15, 0.2) is 24.3 Å². The fourth-order valence-electron chi connectivity index (χ4n) is 10.4. The highest BCUT2D eigenvalue weighted by atomic mass is 16.5. The summed E-state index contributed by atoms with van der Waals surface area (Å²) in [6, 6.07) is 4.70. The molecular weight excluding hydrogens is 725 g/mol. The Kier molecular flexibility index (Phi) is 20.1. The standard InChI is InChI=1S/C51H84O7/c1-8-10-11-14-38-17-19-39(20-18-38)40-21-23-41(24-22-40)42-25-27-43(28-26-42)46-33-44(15-12-30-57-48(54)37(3)4)47(56-32-29-51(9-2,35-52)36-53)45(34-46)16-13-31-58-49(55)50(5,6)7/h33-34,38-43,52-53H,3,8-32,35-36H2,1-2,4-7H3. The Hall–Kier alpha value is -2.38. The van der Waals surface area contributed by atoms with Crippen molar-refractivity contribution in [2.75, 3.05) is 33.0 Å². The van der Waals surface area contributed by atoms with Crippen molar-refractivity contribution in [3.63, 3.8) is 0 Å². The van der Waals surface area contributed by atoms with E-state index in [1.807, 2.05) is 27.7 Å². The second kappa shape index (κ2) is 24.2. The Balaban J connectivity index is 1.44. The summed E-state index contributed by atoms with van der Waals surface area (Å²) >= 11 is 0. The Morgan fingerprint density at radius 3 is 1.67 bits per heavy atom. The maximum absolute atomic E-state index is 12.6. The first-order chi connectivity index (χ1) is 27.8. The molecule has 0 amide bonds. The van der Waals surface area contributed by atoms with Crippen molar-refractivity contribution in [3.8, 4) is 5.75 Å². The minimum atomic E-state index is -0.594. The van der Waals surface area contributed by atoms with Crippen molar-refractivity contribution in [1.82, 2.24) is 0 Å². The quantitative estimate of drug-likeness (QED) is 0.0645. The summed E-state index contributed by atoms with van der Waals surface area (Å²) < 4.78 is 17.8. The molecule has 3 fully saturated rings. The highest BCUT2D eigenvalue weighted by Gasteiger charge is 2.35. The highest BCUT2D eigenvalue weighted by Crippen LogP contribution is 2.48. The molecule has 0 heterocycles. The molecule has 0 saturated heterocycles. The van der Waals surface area contributed by atoms with Crippen LogP contribution in [0.5, 0.6) is 5.75 Å². The second-order valence-corrected chi connectivity index (χ2v) is 20.0. The Morgan fingerprint density at radius 2 is 1.21 bits per heavy atom. The first-order valence-corrected chi connectivity index (χ1v) is 23.8. The van der Waals surface area contributed by atoms with Crippen LogP contribution in [-0.2, 0) is 31.9 Å². The first-order valence-electron chi connectivity index (χ1n) is 23.8. The van der Waals surface area contributed by atoms with Gasteiger partial charge in [0.15, 0.2) is 0 Å². The number of aryl methyl sites for hydroxylation is 2. The minimum absolute atomic E-state index is 0.0977. The first kappa shape index (κ1) is 48.3. The Labute approximate surface area is 353 Å². The van der Waals surface area contributed by atoms with E-state index < -0.39 is 10.8 Å². The molecular formula is C51H84O7. The van der Waals surface area contributed by atoms with Gasteiger partial charge in [-0.1, -0.05) is 71.1 Å². The molecule has 0 bridgehead atoms. The summed E-state index contributed by atoms with van der Waals surface area (Å²) in [5, 5.41) is 20.3. The van der Waals surface area contributed by atoms with Crippen LogP contribution in [0.3, 0.4) is 0 Å². The Morgan fingerprint density at radius 1 is 0.707 bits per heavy atom. The molecule has 1 aromatic rings. The van der Waals surface area contributed by atoms with Crippen LogP contribution >= 0.6 is 0 Å². The maximum atomic E-state index is 12.6. The number of carbonyl (C=O) groups is 2. The summed E-state index contributed by atoms with van der Waals surface area (Å²) in [5.41, 5.74) is 2.84. The number of esters is 2. The molecule has 4 rings (SSSR count). The molecule has 0 atom stereocenters.